The molecule has 0 aromatic heterocycles. The monoisotopic (exact) mass is 337 g/mol. The molecule has 0 atom stereocenters. The van der Waals surface area contributed by atoms with Crippen molar-refractivity contribution in [3.05, 3.63) is 65.7 Å². The second-order valence-electron chi connectivity index (χ2n) is 6.46. The Balaban J connectivity index is 1.53. The van der Waals surface area contributed by atoms with Crippen LogP contribution in [-0.2, 0) is 11.3 Å². The van der Waals surface area contributed by atoms with Gasteiger partial charge in [-0.25, -0.2) is 0 Å². The molecule has 0 bridgehead atoms. The van der Waals surface area contributed by atoms with Crippen molar-refractivity contribution in [3.63, 3.8) is 0 Å². The van der Waals surface area contributed by atoms with Crippen molar-refractivity contribution in [2.45, 2.75) is 25.8 Å². The molecule has 1 fully saturated rings. The summed E-state index contributed by atoms with van der Waals surface area (Å²) in [7, 11) is 0. The third-order valence-corrected chi connectivity index (χ3v) is 4.60. The van der Waals surface area contributed by atoms with E-state index in [1.54, 1.807) is 0 Å². The summed E-state index contributed by atoms with van der Waals surface area (Å²) in [5.74, 6) is 0.244. The van der Waals surface area contributed by atoms with Crippen molar-refractivity contribution in [1.82, 2.24) is 4.90 Å². The van der Waals surface area contributed by atoms with Crippen LogP contribution >= 0.6 is 0 Å². The second-order valence-corrected chi connectivity index (χ2v) is 6.46. The first kappa shape index (κ1) is 17.5. The lowest BCUT2D eigenvalue weighted by atomic mass is 10.1. The minimum absolute atomic E-state index is 0.244. The minimum atomic E-state index is 0.244. The van der Waals surface area contributed by atoms with Crippen LogP contribution in [0.4, 0.5) is 5.69 Å². The third kappa shape index (κ3) is 5.33. The molecule has 3 rings (SSSR count). The van der Waals surface area contributed by atoms with E-state index in [2.05, 4.69) is 22.3 Å². The summed E-state index contributed by atoms with van der Waals surface area (Å²) in [6.07, 6.45) is 3.90. The quantitative estimate of drug-likeness (QED) is 0.590. The summed E-state index contributed by atoms with van der Waals surface area (Å²) >= 11 is 0. The summed E-state index contributed by atoms with van der Waals surface area (Å²) < 4.78 is 5.73. The highest BCUT2D eigenvalue weighted by atomic mass is 16.5. The van der Waals surface area contributed by atoms with Crippen LogP contribution < -0.4 is 5.32 Å². The molecule has 0 spiro atoms. The molecule has 2 aromatic carbocycles. The minimum Gasteiger partial charge on any atom is -0.476 e. The Morgan fingerprint density at radius 1 is 0.960 bits per heavy atom. The van der Waals surface area contributed by atoms with E-state index < -0.39 is 0 Å². The third-order valence-electron chi connectivity index (χ3n) is 4.60. The van der Waals surface area contributed by atoms with E-state index >= 15 is 0 Å². The van der Waals surface area contributed by atoms with Crippen LogP contribution in [0, 0.1) is 5.41 Å². The van der Waals surface area contributed by atoms with Gasteiger partial charge in [0.25, 0.3) is 0 Å². The molecule has 4 heteroatoms. The zero-order chi connectivity index (χ0) is 17.3. The zero-order valence-corrected chi connectivity index (χ0v) is 14.7. The van der Waals surface area contributed by atoms with Crippen molar-refractivity contribution in [3.8, 4) is 0 Å². The number of hydrogen-bond acceptors (Lipinski definition) is 4. The Labute approximate surface area is 150 Å². The molecule has 0 unspecified atom stereocenters. The molecular weight excluding hydrogens is 310 g/mol. The van der Waals surface area contributed by atoms with Gasteiger partial charge in [-0.3, -0.25) is 10.3 Å². The average molecular weight is 337 g/mol. The topological polar surface area (TPSA) is 48.4 Å². The lowest BCUT2D eigenvalue weighted by Gasteiger charge is -2.26. The van der Waals surface area contributed by atoms with Gasteiger partial charge >= 0.3 is 0 Å². The van der Waals surface area contributed by atoms with E-state index in [1.807, 2.05) is 42.5 Å². The molecule has 0 radical (unpaired) electrons. The van der Waals surface area contributed by atoms with E-state index in [4.69, 9.17) is 10.1 Å². The molecule has 0 aliphatic carbocycles. The number of benzene rings is 2. The number of likely N-dealkylation sites (tertiary alicyclic amines) is 1. The summed E-state index contributed by atoms with van der Waals surface area (Å²) in [5, 5.41) is 11.7. The van der Waals surface area contributed by atoms with Crippen LogP contribution in [0.3, 0.4) is 0 Å². The number of ether oxygens (including phenoxy) is 1. The maximum atomic E-state index is 8.29. The normalized spacial score (nSPS) is 14.9. The molecule has 1 saturated heterocycles. The highest BCUT2D eigenvalue weighted by Crippen LogP contribution is 2.17. The van der Waals surface area contributed by atoms with Gasteiger partial charge in [-0.1, -0.05) is 48.9 Å². The number of hydrogen-bond donors (Lipinski definition) is 2. The molecule has 1 heterocycles. The van der Waals surface area contributed by atoms with Crippen LogP contribution in [0.15, 0.2) is 54.6 Å². The zero-order valence-electron chi connectivity index (χ0n) is 14.7. The fourth-order valence-corrected chi connectivity index (χ4v) is 3.17. The van der Waals surface area contributed by atoms with Crippen molar-refractivity contribution in [2.24, 2.45) is 0 Å². The molecule has 132 valence electrons. The van der Waals surface area contributed by atoms with E-state index in [1.165, 1.54) is 24.8 Å². The molecule has 1 aliphatic heterocycles. The summed E-state index contributed by atoms with van der Waals surface area (Å²) in [4.78, 5) is 2.43. The predicted molar refractivity (Wildman–Crippen MR) is 103 cm³/mol. The fraction of sp³-hybridized carbons (Fsp3) is 0.381. The number of piperidine rings is 1. The molecule has 2 N–H and O–H groups in total. The van der Waals surface area contributed by atoms with Crippen LogP contribution in [0.1, 0.15) is 30.4 Å². The van der Waals surface area contributed by atoms with Crippen molar-refractivity contribution in [2.75, 3.05) is 31.6 Å². The van der Waals surface area contributed by atoms with Crippen LogP contribution in [0.5, 0.6) is 0 Å². The van der Waals surface area contributed by atoms with E-state index in [9.17, 15) is 0 Å². The second kappa shape index (κ2) is 9.23. The van der Waals surface area contributed by atoms with Gasteiger partial charge in [0, 0.05) is 18.8 Å². The summed E-state index contributed by atoms with van der Waals surface area (Å²) in [6.45, 7) is 4.53. The fourth-order valence-electron chi connectivity index (χ4n) is 3.17. The van der Waals surface area contributed by atoms with Gasteiger partial charge in [0.15, 0.2) is 0 Å². The molecule has 0 amide bonds. The Morgan fingerprint density at radius 3 is 2.48 bits per heavy atom. The van der Waals surface area contributed by atoms with Gasteiger partial charge in [0.1, 0.15) is 6.61 Å². The number of nitrogens with one attached hydrogen (secondary N) is 2. The van der Waals surface area contributed by atoms with Gasteiger partial charge in [-0.15, -0.1) is 0 Å². The maximum absolute atomic E-state index is 8.29. The Bertz CT molecular complexity index is 666. The van der Waals surface area contributed by atoms with E-state index in [0.717, 1.165) is 37.4 Å². The molecule has 2 aromatic rings. The number of para-hydroxylation sites is 1. The summed E-state index contributed by atoms with van der Waals surface area (Å²) in [5.41, 5.74) is 2.97. The molecule has 4 nitrogen and oxygen atoms in total. The number of rotatable bonds is 7. The van der Waals surface area contributed by atoms with E-state index in [0.29, 0.717) is 6.61 Å². The van der Waals surface area contributed by atoms with Gasteiger partial charge in [-0.05, 0) is 43.6 Å². The first-order valence-electron chi connectivity index (χ1n) is 9.14. The van der Waals surface area contributed by atoms with Crippen LogP contribution in [0.2, 0.25) is 0 Å². The predicted octanol–water partition coefficient (Wildman–Crippen LogP) is 4.13. The standard InChI is InChI=1S/C21H27N3O/c22-21(25-16-15-24-13-7-2-8-14-24)19-11-5-6-12-20(19)23-17-18-9-3-1-4-10-18/h1,3-6,9-12,22-23H,2,7-8,13-17H2. The molecular formula is C21H27N3O. The van der Waals surface area contributed by atoms with Crippen molar-refractivity contribution < 1.29 is 4.74 Å². The maximum Gasteiger partial charge on any atom is 0.215 e. The lowest BCUT2D eigenvalue weighted by molar-refractivity contribution is 0.178. The molecule has 1 aliphatic rings. The number of anilines is 1. The summed E-state index contributed by atoms with van der Waals surface area (Å²) in [6, 6.07) is 18.2. The smallest absolute Gasteiger partial charge is 0.215 e. The van der Waals surface area contributed by atoms with Gasteiger partial charge in [-0.2, -0.15) is 0 Å². The number of nitrogens with zero attached hydrogens (tertiary/aromatic N) is 1. The van der Waals surface area contributed by atoms with Crippen LogP contribution in [0.25, 0.3) is 0 Å². The Hall–Kier alpha value is -2.33. The Kier molecular flexibility index (Phi) is 6.46. The van der Waals surface area contributed by atoms with E-state index in [-0.39, 0.29) is 5.90 Å². The SMILES string of the molecule is N=C(OCCN1CCCCC1)c1ccccc1NCc1ccccc1. The van der Waals surface area contributed by atoms with Crippen LogP contribution in [-0.4, -0.2) is 37.0 Å². The average Bonchev–Trinajstić information content (AvgIpc) is 2.68. The van der Waals surface area contributed by atoms with Gasteiger partial charge in [0.05, 0.1) is 5.56 Å². The first-order valence-corrected chi connectivity index (χ1v) is 9.14. The highest BCUT2D eigenvalue weighted by Gasteiger charge is 2.12. The highest BCUT2D eigenvalue weighted by molar-refractivity contribution is 5.97. The largest absolute Gasteiger partial charge is 0.476 e. The molecule has 0 saturated carbocycles. The lowest BCUT2D eigenvalue weighted by Crippen LogP contribution is -2.33. The Morgan fingerprint density at radius 2 is 1.68 bits per heavy atom. The van der Waals surface area contributed by atoms with Gasteiger partial charge < -0.3 is 10.1 Å². The van der Waals surface area contributed by atoms with Gasteiger partial charge in [0.2, 0.25) is 5.90 Å². The van der Waals surface area contributed by atoms with Crippen molar-refractivity contribution in [1.29, 1.82) is 5.41 Å². The van der Waals surface area contributed by atoms with Crippen molar-refractivity contribution >= 4 is 11.6 Å². The molecule has 25 heavy (non-hydrogen) atoms. The first-order chi connectivity index (χ1) is 12.3.